The number of hydrogen-bond acceptors (Lipinski definition) is 5. The summed E-state index contributed by atoms with van der Waals surface area (Å²) in [6, 6.07) is 0. The lowest BCUT2D eigenvalue weighted by Crippen LogP contribution is -2.41. The molecule has 2 aromatic rings. The summed E-state index contributed by atoms with van der Waals surface area (Å²) in [5.74, 6) is 1.88. The first-order chi connectivity index (χ1) is 9.08. The van der Waals surface area contributed by atoms with E-state index in [0.29, 0.717) is 17.6 Å². The molecule has 0 aliphatic heterocycles. The molecule has 102 valence electrons. The zero-order valence-corrected chi connectivity index (χ0v) is 12.2. The molecule has 2 aromatic heterocycles. The highest BCUT2D eigenvalue weighted by molar-refractivity contribution is 7.08. The van der Waals surface area contributed by atoms with Crippen molar-refractivity contribution in [2.24, 2.45) is 11.7 Å². The van der Waals surface area contributed by atoms with E-state index in [4.69, 9.17) is 10.3 Å². The van der Waals surface area contributed by atoms with E-state index < -0.39 is 5.54 Å². The predicted octanol–water partition coefficient (Wildman–Crippen LogP) is 3.47. The molecule has 1 aliphatic carbocycles. The third kappa shape index (κ3) is 2.32. The van der Waals surface area contributed by atoms with Crippen LogP contribution in [0.1, 0.15) is 44.1 Å². The molecule has 1 saturated carbocycles. The molecule has 2 atom stereocenters. The third-order valence-electron chi connectivity index (χ3n) is 3.98. The van der Waals surface area contributed by atoms with Crippen molar-refractivity contribution in [3.8, 4) is 11.4 Å². The van der Waals surface area contributed by atoms with Crippen molar-refractivity contribution in [2.75, 3.05) is 0 Å². The lowest BCUT2D eigenvalue weighted by atomic mass is 9.77. The van der Waals surface area contributed by atoms with Crippen LogP contribution in [0, 0.1) is 12.8 Å². The highest BCUT2D eigenvalue weighted by atomic mass is 32.1. The third-order valence-corrected chi connectivity index (χ3v) is 4.84. The number of aryl methyl sites for hydroxylation is 1. The standard InChI is InChI=1S/C14H19N3OS/c1-9-4-3-5-14(15,6-9)13-16-12(17-18-13)11-8-19-7-10(11)2/h7-9H,3-6,15H2,1-2H3. The van der Waals surface area contributed by atoms with Crippen molar-refractivity contribution in [3.05, 3.63) is 22.2 Å². The van der Waals surface area contributed by atoms with E-state index in [1.807, 2.05) is 0 Å². The highest BCUT2D eigenvalue weighted by Gasteiger charge is 2.37. The van der Waals surface area contributed by atoms with Crippen molar-refractivity contribution in [1.82, 2.24) is 10.1 Å². The maximum atomic E-state index is 6.48. The molecule has 2 heterocycles. The maximum Gasteiger partial charge on any atom is 0.247 e. The van der Waals surface area contributed by atoms with Crippen LogP contribution in [0.15, 0.2) is 15.3 Å². The molecule has 0 spiro atoms. The minimum atomic E-state index is -0.438. The molecule has 0 radical (unpaired) electrons. The van der Waals surface area contributed by atoms with Crippen LogP contribution in [0.3, 0.4) is 0 Å². The molecule has 2 unspecified atom stereocenters. The molecular formula is C14H19N3OS. The van der Waals surface area contributed by atoms with Gasteiger partial charge in [-0.15, -0.1) is 0 Å². The lowest BCUT2D eigenvalue weighted by molar-refractivity contribution is 0.183. The Morgan fingerprint density at radius 3 is 3.00 bits per heavy atom. The Hall–Kier alpha value is -1.20. The summed E-state index contributed by atoms with van der Waals surface area (Å²) in [5, 5.41) is 8.25. The van der Waals surface area contributed by atoms with Gasteiger partial charge < -0.3 is 10.3 Å². The molecule has 1 fully saturated rings. The van der Waals surface area contributed by atoms with Crippen LogP contribution in [0.25, 0.3) is 11.4 Å². The number of nitrogens with two attached hydrogens (primary N) is 1. The van der Waals surface area contributed by atoms with E-state index in [9.17, 15) is 0 Å². The monoisotopic (exact) mass is 277 g/mol. The molecular weight excluding hydrogens is 258 g/mol. The Kier molecular flexibility index (Phi) is 3.19. The number of rotatable bonds is 2. The van der Waals surface area contributed by atoms with E-state index in [1.165, 1.54) is 12.0 Å². The molecule has 5 heteroatoms. The van der Waals surface area contributed by atoms with Gasteiger partial charge >= 0.3 is 0 Å². The fraction of sp³-hybridized carbons (Fsp3) is 0.571. The molecule has 1 aliphatic rings. The van der Waals surface area contributed by atoms with Crippen LogP contribution in [0.5, 0.6) is 0 Å². The highest BCUT2D eigenvalue weighted by Crippen LogP contribution is 2.37. The fourth-order valence-corrected chi connectivity index (χ4v) is 3.74. The Balaban J connectivity index is 1.91. The summed E-state index contributed by atoms with van der Waals surface area (Å²) in [6.45, 7) is 4.30. The van der Waals surface area contributed by atoms with Gasteiger partial charge in [0.1, 0.15) is 0 Å². The van der Waals surface area contributed by atoms with Gasteiger partial charge in [0.2, 0.25) is 11.7 Å². The van der Waals surface area contributed by atoms with Crippen LogP contribution in [0.2, 0.25) is 0 Å². The first kappa shape index (κ1) is 12.8. The number of aromatic nitrogens is 2. The van der Waals surface area contributed by atoms with E-state index in [1.54, 1.807) is 11.3 Å². The zero-order chi connectivity index (χ0) is 13.5. The second-order valence-electron chi connectivity index (χ2n) is 5.75. The first-order valence-electron chi connectivity index (χ1n) is 6.75. The van der Waals surface area contributed by atoms with E-state index in [0.717, 1.165) is 24.8 Å². The van der Waals surface area contributed by atoms with Crippen LogP contribution in [0.4, 0.5) is 0 Å². The second kappa shape index (κ2) is 4.72. The largest absolute Gasteiger partial charge is 0.337 e. The first-order valence-corrected chi connectivity index (χ1v) is 7.69. The number of hydrogen-bond donors (Lipinski definition) is 1. The number of nitrogens with zero attached hydrogens (tertiary/aromatic N) is 2. The summed E-state index contributed by atoms with van der Waals surface area (Å²) in [4.78, 5) is 4.55. The van der Waals surface area contributed by atoms with Gasteiger partial charge in [-0.2, -0.15) is 16.3 Å². The number of thiophene rings is 1. The van der Waals surface area contributed by atoms with Gasteiger partial charge in [0, 0.05) is 10.9 Å². The Bertz CT molecular complexity index is 577. The topological polar surface area (TPSA) is 64.9 Å². The molecule has 2 N–H and O–H groups in total. The summed E-state index contributed by atoms with van der Waals surface area (Å²) in [6.07, 6.45) is 4.23. The maximum absolute atomic E-state index is 6.48. The van der Waals surface area contributed by atoms with E-state index in [-0.39, 0.29) is 0 Å². The molecule has 0 saturated heterocycles. The Morgan fingerprint density at radius 2 is 2.32 bits per heavy atom. The molecule has 4 nitrogen and oxygen atoms in total. The van der Waals surface area contributed by atoms with Crippen molar-refractivity contribution >= 4 is 11.3 Å². The molecule has 0 aromatic carbocycles. The average Bonchev–Trinajstić information content (AvgIpc) is 2.96. The predicted molar refractivity (Wildman–Crippen MR) is 75.8 cm³/mol. The van der Waals surface area contributed by atoms with Gasteiger partial charge in [-0.3, -0.25) is 0 Å². The van der Waals surface area contributed by atoms with E-state index >= 15 is 0 Å². The van der Waals surface area contributed by atoms with Gasteiger partial charge in [0.05, 0.1) is 5.54 Å². The minimum absolute atomic E-state index is 0.438. The quantitative estimate of drug-likeness (QED) is 0.912. The minimum Gasteiger partial charge on any atom is -0.337 e. The second-order valence-corrected chi connectivity index (χ2v) is 6.49. The van der Waals surface area contributed by atoms with Gasteiger partial charge in [0.15, 0.2) is 0 Å². The zero-order valence-electron chi connectivity index (χ0n) is 11.3. The summed E-state index contributed by atoms with van der Waals surface area (Å²) in [7, 11) is 0. The molecule has 3 rings (SSSR count). The lowest BCUT2D eigenvalue weighted by Gasteiger charge is -2.33. The summed E-state index contributed by atoms with van der Waals surface area (Å²) < 4.78 is 5.45. The summed E-state index contributed by atoms with van der Waals surface area (Å²) in [5.41, 5.74) is 8.27. The van der Waals surface area contributed by atoms with Crippen LogP contribution >= 0.6 is 11.3 Å². The van der Waals surface area contributed by atoms with Crippen LogP contribution in [-0.2, 0) is 5.54 Å². The Labute approximate surface area is 117 Å². The SMILES string of the molecule is Cc1cscc1-c1noc(C2(N)CCCC(C)C2)n1. The van der Waals surface area contributed by atoms with Crippen molar-refractivity contribution in [1.29, 1.82) is 0 Å². The smallest absolute Gasteiger partial charge is 0.247 e. The summed E-state index contributed by atoms with van der Waals surface area (Å²) >= 11 is 1.65. The molecule has 0 bridgehead atoms. The van der Waals surface area contributed by atoms with Crippen LogP contribution in [-0.4, -0.2) is 10.1 Å². The van der Waals surface area contributed by atoms with Crippen molar-refractivity contribution in [2.45, 2.75) is 45.1 Å². The fourth-order valence-electron chi connectivity index (χ4n) is 2.91. The molecule has 19 heavy (non-hydrogen) atoms. The molecule has 0 amide bonds. The normalized spacial score (nSPS) is 27.6. The van der Waals surface area contributed by atoms with Crippen LogP contribution < -0.4 is 5.73 Å². The average molecular weight is 277 g/mol. The van der Waals surface area contributed by atoms with Gasteiger partial charge in [-0.1, -0.05) is 24.9 Å². The Morgan fingerprint density at radius 1 is 1.47 bits per heavy atom. The van der Waals surface area contributed by atoms with Crippen molar-refractivity contribution in [3.63, 3.8) is 0 Å². The van der Waals surface area contributed by atoms with Gasteiger partial charge in [-0.25, -0.2) is 0 Å². The van der Waals surface area contributed by atoms with Crippen molar-refractivity contribution < 1.29 is 4.52 Å². The van der Waals surface area contributed by atoms with Gasteiger partial charge in [-0.05, 0) is 36.6 Å². The van der Waals surface area contributed by atoms with E-state index in [2.05, 4.69) is 34.7 Å². The van der Waals surface area contributed by atoms with Gasteiger partial charge in [0.25, 0.3) is 0 Å².